The second-order valence-electron chi connectivity index (χ2n) is 8.20. The van der Waals surface area contributed by atoms with Crippen molar-refractivity contribution in [2.75, 3.05) is 20.8 Å². The van der Waals surface area contributed by atoms with Crippen molar-refractivity contribution in [1.82, 2.24) is 5.32 Å². The Hall–Kier alpha value is -2.08. The second-order valence-corrected chi connectivity index (χ2v) is 8.20. The van der Waals surface area contributed by atoms with Gasteiger partial charge in [0, 0.05) is 25.7 Å². The number of aliphatic carboxylic acids is 1. The SMILES string of the molecule is COCCC(CC1(C(=O)NC2CC2c2ccc(OC)cc2)CCCC1)C(=O)O. The van der Waals surface area contributed by atoms with Crippen LogP contribution in [0.5, 0.6) is 5.75 Å². The number of hydrogen-bond acceptors (Lipinski definition) is 4. The van der Waals surface area contributed by atoms with Gasteiger partial charge in [0.1, 0.15) is 5.75 Å². The first-order chi connectivity index (χ1) is 13.5. The highest BCUT2D eigenvalue weighted by Gasteiger charge is 2.47. The summed E-state index contributed by atoms with van der Waals surface area (Å²) < 4.78 is 10.3. The van der Waals surface area contributed by atoms with Gasteiger partial charge in [0.2, 0.25) is 5.91 Å². The minimum absolute atomic E-state index is 0.0367. The predicted molar refractivity (Wildman–Crippen MR) is 105 cm³/mol. The molecular weight excluding hydrogens is 358 g/mol. The molecule has 1 amide bonds. The fourth-order valence-corrected chi connectivity index (χ4v) is 4.52. The standard InChI is InChI=1S/C22H31NO5/c1-27-12-9-16(20(24)25)14-22(10-3-4-11-22)21(26)23-19-13-18(19)15-5-7-17(28-2)8-6-15/h5-8,16,18-19H,3-4,9-14H2,1-2H3,(H,23,26)(H,24,25). The summed E-state index contributed by atoms with van der Waals surface area (Å²) in [4.78, 5) is 24.9. The number of carbonyl (C=O) groups excluding carboxylic acids is 1. The van der Waals surface area contributed by atoms with Gasteiger partial charge in [-0.25, -0.2) is 0 Å². The van der Waals surface area contributed by atoms with Gasteiger partial charge in [-0.3, -0.25) is 9.59 Å². The van der Waals surface area contributed by atoms with Gasteiger partial charge < -0.3 is 19.9 Å². The molecule has 0 bridgehead atoms. The van der Waals surface area contributed by atoms with Gasteiger partial charge in [-0.15, -0.1) is 0 Å². The largest absolute Gasteiger partial charge is 0.497 e. The van der Waals surface area contributed by atoms with E-state index < -0.39 is 17.3 Å². The zero-order chi connectivity index (χ0) is 20.1. The minimum Gasteiger partial charge on any atom is -0.497 e. The van der Waals surface area contributed by atoms with Crippen molar-refractivity contribution in [3.8, 4) is 5.75 Å². The number of nitrogens with one attached hydrogen (secondary N) is 1. The lowest BCUT2D eigenvalue weighted by Gasteiger charge is -2.30. The fraction of sp³-hybridized carbons (Fsp3) is 0.636. The summed E-state index contributed by atoms with van der Waals surface area (Å²) in [5, 5.41) is 12.8. The monoisotopic (exact) mass is 389 g/mol. The van der Waals surface area contributed by atoms with Crippen LogP contribution in [0.3, 0.4) is 0 Å². The minimum atomic E-state index is -0.835. The highest BCUT2D eigenvalue weighted by atomic mass is 16.5. The topological polar surface area (TPSA) is 84.9 Å². The Bertz CT molecular complexity index is 681. The smallest absolute Gasteiger partial charge is 0.306 e. The quantitative estimate of drug-likeness (QED) is 0.641. The second kappa shape index (κ2) is 8.95. The van der Waals surface area contributed by atoms with Crippen molar-refractivity contribution < 1.29 is 24.2 Å². The van der Waals surface area contributed by atoms with Gasteiger partial charge in [0.25, 0.3) is 0 Å². The van der Waals surface area contributed by atoms with Crippen molar-refractivity contribution in [2.45, 2.75) is 56.9 Å². The Morgan fingerprint density at radius 1 is 1.21 bits per heavy atom. The number of hydrogen-bond donors (Lipinski definition) is 2. The van der Waals surface area contributed by atoms with Gasteiger partial charge in [0.05, 0.1) is 18.4 Å². The number of carboxylic acid groups (broad SMARTS) is 1. The number of rotatable bonds is 10. The van der Waals surface area contributed by atoms with E-state index in [1.807, 2.05) is 24.3 Å². The Labute approximate surface area is 166 Å². The molecule has 0 aliphatic heterocycles. The van der Waals surface area contributed by atoms with Gasteiger partial charge >= 0.3 is 5.97 Å². The molecule has 2 aliphatic carbocycles. The van der Waals surface area contributed by atoms with E-state index in [2.05, 4.69) is 5.32 Å². The normalized spacial score (nSPS) is 23.8. The van der Waals surface area contributed by atoms with E-state index in [1.165, 1.54) is 5.56 Å². The van der Waals surface area contributed by atoms with Gasteiger partial charge in [-0.2, -0.15) is 0 Å². The lowest BCUT2D eigenvalue weighted by Crippen LogP contribution is -2.43. The van der Waals surface area contributed by atoms with Gasteiger partial charge in [-0.1, -0.05) is 25.0 Å². The van der Waals surface area contributed by atoms with Crippen molar-refractivity contribution in [1.29, 1.82) is 0 Å². The third-order valence-corrected chi connectivity index (χ3v) is 6.35. The van der Waals surface area contributed by atoms with Crippen LogP contribution >= 0.6 is 0 Å². The summed E-state index contributed by atoms with van der Waals surface area (Å²) in [5.74, 6) is -0.184. The van der Waals surface area contributed by atoms with Crippen LogP contribution in [0.1, 0.15) is 56.4 Å². The maximum Gasteiger partial charge on any atom is 0.306 e. The summed E-state index contributed by atoms with van der Waals surface area (Å²) in [7, 11) is 3.22. The maximum atomic E-state index is 13.2. The Morgan fingerprint density at radius 3 is 2.46 bits per heavy atom. The van der Waals surface area contributed by atoms with Crippen LogP contribution in [-0.2, 0) is 14.3 Å². The molecule has 2 aliphatic rings. The molecule has 154 valence electrons. The lowest BCUT2D eigenvalue weighted by atomic mass is 9.76. The van der Waals surface area contributed by atoms with E-state index in [9.17, 15) is 14.7 Å². The van der Waals surface area contributed by atoms with Crippen LogP contribution in [0.15, 0.2) is 24.3 Å². The van der Waals surface area contributed by atoms with Crippen molar-refractivity contribution >= 4 is 11.9 Å². The number of benzene rings is 1. The molecule has 6 heteroatoms. The van der Waals surface area contributed by atoms with Crippen molar-refractivity contribution in [3.63, 3.8) is 0 Å². The maximum absolute atomic E-state index is 13.2. The molecular formula is C22H31NO5. The molecule has 0 spiro atoms. The summed E-state index contributed by atoms with van der Waals surface area (Å²) in [6.07, 6.45) is 5.29. The van der Waals surface area contributed by atoms with Crippen molar-refractivity contribution in [3.05, 3.63) is 29.8 Å². The molecule has 0 radical (unpaired) electrons. The summed E-state index contributed by atoms with van der Waals surface area (Å²) in [6, 6.07) is 8.12. The van der Waals surface area contributed by atoms with Crippen LogP contribution in [0.25, 0.3) is 0 Å². The molecule has 28 heavy (non-hydrogen) atoms. The van der Waals surface area contributed by atoms with E-state index in [4.69, 9.17) is 9.47 Å². The van der Waals surface area contributed by atoms with Gasteiger partial charge in [-0.05, 0) is 49.8 Å². The average molecular weight is 389 g/mol. The average Bonchev–Trinajstić information content (AvgIpc) is 3.29. The van der Waals surface area contributed by atoms with Crippen LogP contribution in [0.2, 0.25) is 0 Å². The van der Waals surface area contributed by atoms with Crippen LogP contribution in [-0.4, -0.2) is 43.9 Å². The van der Waals surface area contributed by atoms with Crippen LogP contribution in [0, 0.1) is 11.3 Å². The Balaban J connectivity index is 1.62. The third-order valence-electron chi connectivity index (χ3n) is 6.35. The van der Waals surface area contributed by atoms with E-state index in [0.29, 0.717) is 25.4 Å². The van der Waals surface area contributed by atoms with E-state index in [1.54, 1.807) is 14.2 Å². The summed E-state index contributed by atoms with van der Waals surface area (Å²) >= 11 is 0. The molecule has 0 aromatic heterocycles. The Morgan fingerprint density at radius 2 is 1.89 bits per heavy atom. The number of ether oxygens (including phenoxy) is 2. The lowest BCUT2D eigenvalue weighted by molar-refractivity contribution is -0.145. The first kappa shape index (κ1) is 20.6. The first-order valence-corrected chi connectivity index (χ1v) is 10.2. The third kappa shape index (κ3) is 4.66. The molecule has 6 nitrogen and oxygen atoms in total. The number of carboxylic acids is 1. The molecule has 0 saturated heterocycles. The summed E-state index contributed by atoms with van der Waals surface area (Å²) in [6.45, 7) is 0.400. The molecule has 2 fully saturated rings. The van der Waals surface area contributed by atoms with Crippen molar-refractivity contribution in [2.24, 2.45) is 11.3 Å². The molecule has 1 aromatic carbocycles. The molecule has 1 aromatic rings. The predicted octanol–water partition coefficient (Wildman–Crippen LogP) is 3.36. The van der Waals surface area contributed by atoms with Crippen LogP contribution in [0.4, 0.5) is 0 Å². The fourth-order valence-electron chi connectivity index (χ4n) is 4.52. The molecule has 3 atom stereocenters. The summed E-state index contributed by atoms with van der Waals surface area (Å²) in [5.41, 5.74) is 0.652. The molecule has 0 heterocycles. The highest BCUT2D eigenvalue weighted by Crippen LogP contribution is 2.47. The number of carbonyl (C=O) groups is 2. The van der Waals surface area contributed by atoms with Crippen LogP contribution < -0.4 is 10.1 Å². The number of methoxy groups -OCH3 is 2. The zero-order valence-corrected chi connectivity index (χ0v) is 16.8. The molecule has 2 N–H and O–H groups in total. The highest BCUT2D eigenvalue weighted by molar-refractivity contribution is 5.84. The first-order valence-electron chi connectivity index (χ1n) is 10.2. The Kier molecular flexibility index (Phi) is 6.60. The van der Waals surface area contributed by atoms with E-state index in [-0.39, 0.29) is 11.9 Å². The van der Waals surface area contributed by atoms with E-state index >= 15 is 0 Å². The molecule has 3 unspecified atom stereocenters. The zero-order valence-electron chi connectivity index (χ0n) is 16.8. The van der Waals surface area contributed by atoms with Gasteiger partial charge in [0.15, 0.2) is 0 Å². The molecule has 3 rings (SSSR count). The van der Waals surface area contributed by atoms with E-state index in [0.717, 1.165) is 37.9 Å². The molecule has 2 saturated carbocycles. The number of amides is 1.